The smallest absolute Gasteiger partial charge is 0.258 e. The number of amides is 2. The molecule has 0 saturated carbocycles. The third-order valence-corrected chi connectivity index (χ3v) is 6.71. The van der Waals surface area contributed by atoms with Gasteiger partial charge in [0.1, 0.15) is 0 Å². The van der Waals surface area contributed by atoms with Crippen LogP contribution in [0.4, 0.5) is 5.69 Å². The molecule has 0 aliphatic carbocycles. The number of carbonyl (C=O) groups is 2. The molecule has 0 bridgehead atoms. The quantitative estimate of drug-likeness (QED) is 0.461. The van der Waals surface area contributed by atoms with Gasteiger partial charge in [0, 0.05) is 49.2 Å². The predicted octanol–water partition coefficient (Wildman–Crippen LogP) is 4.71. The molecule has 35 heavy (non-hydrogen) atoms. The number of likely N-dealkylation sites (tertiary alicyclic amines) is 1. The number of pyridine rings is 1. The van der Waals surface area contributed by atoms with E-state index in [-0.39, 0.29) is 11.8 Å². The molecule has 178 valence electrons. The highest BCUT2D eigenvalue weighted by molar-refractivity contribution is 6.04. The van der Waals surface area contributed by atoms with Crippen molar-refractivity contribution in [3.05, 3.63) is 89.9 Å². The molecule has 7 nitrogen and oxygen atoms in total. The minimum absolute atomic E-state index is 0.0116. The van der Waals surface area contributed by atoms with Crippen LogP contribution in [-0.4, -0.2) is 44.6 Å². The fourth-order valence-electron chi connectivity index (χ4n) is 4.88. The Morgan fingerprint density at radius 3 is 2.77 bits per heavy atom. The number of benzene rings is 2. The lowest BCUT2D eigenvalue weighted by Crippen LogP contribution is -2.32. The summed E-state index contributed by atoms with van der Waals surface area (Å²) in [6, 6.07) is 17.6. The number of aryl methyl sites for hydroxylation is 1. The Balaban J connectivity index is 1.23. The fourth-order valence-corrected chi connectivity index (χ4v) is 4.88. The zero-order valence-electron chi connectivity index (χ0n) is 19.9. The summed E-state index contributed by atoms with van der Waals surface area (Å²) >= 11 is 0. The van der Waals surface area contributed by atoms with Crippen molar-refractivity contribution in [2.75, 3.05) is 18.4 Å². The Morgan fingerprint density at radius 1 is 1.03 bits per heavy atom. The zero-order valence-corrected chi connectivity index (χ0v) is 19.9. The Morgan fingerprint density at radius 2 is 1.91 bits per heavy atom. The van der Waals surface area contributed by atoms with Crippen LogP contribution in [-0.2, 0) is 13.5 Å². The van der Waals surface area contributed by atoms with E-state index in [0.29, 0.717) is 22.7 Å². The SMILES string of the molecule is Cn1cc(C(=O)Nc2cccc(C(=O)N3CCC[C@H](Cc4cccc5ncccc45)CC3)c2)cn1. The molecule has 2 aromatic heterocycles. The minimum atomic E-state index is -0.246. The lowest BCUT2D eigenvalue weighted by molar-refractivity contribution is 0.0759. The molecule has 1 saturated heterocycles. The normalized spacial score (nSPS) is 16.1. The van der Waals surface area contributed by atoms with E-state index < -0.39 is 0 Å². The van der Waals surface area contributed by atoms with Crippen molar-refractivity contribution in [1.82, 2.24) is 19.7 Å². The summed E-state index contributed by atoms with van der Waals surface area (Å²) in [5.74, 6) is 0.296. The maximum absolute atomic E-state index is 13.3. The summed E-state index contributed by atoms with van der Waals surface area (Å²) in [6.45, 7) is 1.48. The topological polar surface area (TPSA) is 80.1 Å². The predicted molar refractivity (Wildman–Crippen MR) is 136 cm³/mol. The van der Waals surface area contributed by atoms with Crippen molar-refractivity contribution >= 4 is 28.4 Å². The van der Waals surface area contributed by atoms with Gasteiger partial charge in [-0.3, -0.25) is 19.3 Å². The zero-order chi connectivity index (χ0) is 24.2. The second-order valence-corrected chi connectivity index (χ2v) is 9.22. The number of rotatable bonds is 5. The summed E-state index contributed by atoms with van der Waals surface area (Å²) in [4.78, 5) is 32.2. The molecule has 0 spiro atoms. The Hall–Kier alpha value is -4.00. The molecule has 1 aliphatic rings. The lowest BCUT2D eigenvalue weighted by atomic mass is 9.91. The number of hydrogen-bond acceptors (Lipinski definition) is 4. The van der Waals surface area contributed by atoms with Gasteiger partial charge in [-0.2, -0.15) is 5.10 Å². The molecule has 2 aromatic carbocycles. The number of fused-ring (bicyclic) bond motifs is 1. The summed E-state index contributed by atoms with van der Waals surface area (Å²) in [5.41, 5.74) is 4.03. The van der Waals surface area contributed by atoms with Crippen LogP contribution in [0.3, 0.4) is 0 Å². The number of hydrogen-bond donors (Lipinski definition) is 1. The number of carbonyl (C=O) groups excluding carboxylic acids is 2. The molecule has 4 aromatic rings. The highest BCUT2D eigenvalue weighted by Crippen LogP contribution is 2.26. The van der Waals surface area contributed by atoms with E-state index in [2.05, 4.69) is 39.7 Å². The average Bonchev–Trinajstić information content (AvgIpc) is 3.18. The second-order valence-electron chi connectivity index (χ2n) is 9.22. The molecule has 7 heteroatoms. The molecule has 0 radical (unpaired) electrons. The average molecular weight is 468 g/mol. The van der Waals surface area contributed by atoms with Gasteiger partial charge in [0.2, 0.25) is 0 Å². The van der Waals surface area contributed by atoms with Crippen LogP contribution in [0.5, 0.6) is 0 Å². The first-order chi connectivity index (χ1) is 17.1. The van der Waals surface area contributed by atoms with Crippen LogP contribution in [0, 0.1) is 5.92 Å². The molecule has 2 amide bonds. The third-order valence-electron chi connectivity index (χ3n) is 6.71. The first-order valence-corrected chi connectivity index (χ1v) is 12.1. The van der Waals surface area contributed by atoms with Crippen molar-refractivity contribution in [2.24, 2.45) is 13.0 Å². The van der Waals surface area contributed by atoms with E-state index >= 15 is 0 Å². The maximum atomic E-state index is 13.3. The van der Waals surface area contributed by atoms with Crippen LogP contribution < -0.4 is 5.32 Å². The first-order valence-electron chi connectivity index (χ1n) is 12.1. The second kappa shape index (κ2) is 10.1. The Kier molecular flexibility index (Phi) is 6.57. The first kappa shape index (κ1) is 22.8. The molecule has 3 heterocycles. The summed E-state index contributed by atoms with van der Waals surface area (Å²) in [5, 5.41) is 8.12. The van der Waals surface area contributed by atoms with Gasteiger partial charge >= 0.3 is 0 Å². The molecule has 1 fully saturated rings. The summed E-state index contributed by atoms with van der Waals surface area (Å²) < 4.78 is 1.58. The van der Waals surface area contributed by atoms with Crippen molar-refractivity contribution in [3.8, 4) is 0 Å². The van der Waals surface area contributed by atoms with E-state index in [1.165, 1.54) is 17.1 Å². The van der Waals surface area contributed by atoms with Gasteiger partial charge in [0.05, 0.1) is 17.3 Å². The lowest BCUT2D eigenvalue weighted by Gasteiger charge is -2.21. The number of aromatic nitrogens is 3. The molecule has 5 rings (SSSR count). The van der Waals surface area contributed by atoms with E-state index in [1.54, 1.807) is 36.1 Å². The highest BCUT2D eigenvalue weighted by atomic mass is 16.2. The fraction of sp³-hybridized carbons (Fsp3) is 0.286. The highest BCUT2D eigenvalue weighted by Gasteiger charge is 2.23. The Bertz CT molecular complexity index is 1360. The van der Waals surface area contributed by atoms with Gasteiger partial charge in [-0.25, -0.2) is 0 Å². The van der Waals surface area contributed by atoms with Gasteiger partial charge < -0.3 is 10.2 Å². The summed E-state index contributed by atoms with van der Waals surface area (Å²) in [7, 11) is 1.76. The number of nitrogens with one attached hydrogen (secondary N) is 1. The molecule has 0 unspecified atom stereocenters. The molecule has 1 aliphatic heterocycles. The molecule has 1 atom stereocenters. The Labute approximate surface area is 204 Å². The monoisotopic (exact) mass is 467 g/mol. The van der Waals surface area contributed by atoms with Crippen molar-refractivity contribution in [3.63, 3.8) is 0 Å². The van der Waals surface area contributed by atoms with E-state index in [0.717, 1.165) is 44.3 Å². The maximum Gasteiger partial charge on any atom is 0.258 e. The molecular weight excluding hydrogens is 438 g/mol. The van der Waals surface area contributed by atoms with Gasteiger partial charge in [-0.05, 0) is 67.5 Å². The number of anilines is 1. The summed E-state index contributed by atoms with van der Waals surface area (Å²) in [6.07, 6.45) is 9.07. The standard InChI is InChI=1S/C28H29N5O2/c1-32-19-23(18-30-32)27(34)31-24-9-2-8-22(17-24)28(35)33-14-5-6-20(12-15-33)16-21-7-3-11-26-25(21)10-4-13-29-26/h2-4,7-11,13,17-20H,5-6,12,14-16H2,1H3,(H,31,34)/t20-/m0/s1. The van der Waals surface area contributed by atoms with Crippen LogP contribution in [0.15, 0.2) is 73.2 Å². The number of nitrogens with zero attached hydrogens (tertiary/aromatic N) is 4. The minimum Gasteiger partial charge on any atom is -0.339 e. The third kappa shape index (κ3) is 5.24. The van der Waals surface area contributed by atoms with Crippen molar-refractivity contribution in [1.29, 1.82) is 0 Å². The van der Waals surface area contributed by atoms with Crippen molar-refractivity contribution < 1.29 is 9.59 Å². The van der Waals surface area contributed by atoms with Crippen LogP contribution >= 0.6 is 0 Å². The molecule has 1 N–H and O–H groups in total. The van der Waals surface area contributed by atoms with Crippen molar-refractivity contribution in [2.45, 2.75) is 25.7 Å². The van der Waals surface area contributed by atoms with Crippen LogP contribution in [0.1, 0.15) is 45.5 Å². The largest absolute Gasteiger partial charge is 0.339 e. The van der Waals surface area contributed by atoms with Gasteiger partial charge in [0.15, 0.2) is 0 Å². The van der Waals surface area contributed by atoms with E-state index in [1.807, 2.05) is 23.2 Å². The van der Waals surface area contributed by atoms with E-state index in [4.69, 9.17) is 0 Å². The van der Waals surface area contributed by atoms with Gasteiger partial charge in [0.25, 0.3) is 11.8 Å². The van der Waals surface area contributed by atoms with Crippen LogP contribution in [0.25, 0.3) is 10.9 Å². The van der Waals surface area contributed by atoms with E-state index in [9.17, 15) is 9.59 Å². The van der Waals surface area contributed by atoms with Crippen LogP contribution in [0.2, 0.25) is 0 Å². The molecular formula is C28H29N5O2. The van der Waals surface area contributed by atoms with Gasteiger partial charge in [-0.1, -0.05) is 24.3 Å². The van der Waals surface area contributed by atoms with Gasteiger partial charge in [-0.15, -0.1) is 0 Å².